The number of carbonyl (C=O) groups is 1. The van der Waals surface area contributed by atoms with Gasteiger partial charge in [-0.15, -0.1) is 0 Å². The monoisotopic (exact) mass is 329 g/mol. The van der Waals surface area contributed by atoms with Crippen LogP contribution >= 0.6 is 15.9 Å². The van der Waals surface area contributed by atoms with Gasteiger partial charge in [0.15, 0.2) is 0 Å². The first-order chi connectivity index (χ1) is 9.01. The fourth-order valence-corrected chi connectivity index (χ4v) is 2.81. The summed E-state index contributed by atoms with van der Waals surface area (Å²) in [5.41, 5.74) is 2.71. The Balaban J connectivity index is 2.07. The summed E-state index contributed by atoms with van der Waals surface area (Å²) in [6, 6.07) is 1.78. The van der Waals surface area contributed by atoms with E-state index in [0.717, 1.165) is 10.9 Å². The highest BCUT2D eigenvalue weighted by Gasteiger charge is 2.30. The Morgan fingerprint density at radius 1 is 1.63 bits per heavy atom. The topological polar surface area (TPSA) is 86.3 Å². The molecule has 1 aliphatic rings. The highest BCUT2D eigenvalue weighted by molar-refractivity contribution is 9.10. The highest BCUT2D eigenvalue weighted by atomic mass is 79.9. The Bertz CT molecular complexity index is 544. The number of amides is 1. The lowest BCUT2D eigenvalue weighted by Gasteiger charge is -2.14. The molecule has 0 spiro atoms. The van der Waals surface area contributed by atoms with Gasteiger partial charge in [-0.25, -0.2) is 5.84 Å². The van der Waals surface area contributed by atoms with Crippen LogP contribution in [0.15, 0.2) is 21.5 Å². The van der Waals surface area contributed by atoms with Gasteiger partial charge in [-0.2, -0.15) is 0 Å². The number of nitrogens with zero attached hydrogens (tertiary/aromatic N) is 1. The van der Waals surface area contributed by atoms with E-state index in [2.05, 4.69) is 21.4 Å². The number of nitrogens with one attached hydrogen (secondary N) is 1. The number of aryl methyl sites for hydroxylation is 1. The number of nitrogens with two attached hydrogens (primary N) is 1. The number of hydrogen-bond acceptors (Lipinski definition) is 4. The fraction of sp³-hybridized carbons (Fsp3) is 0.500. The quantitative estimate of drug-likeness (QED) is 0.479. The molecule has 0 radical (unpaired) electrons. The van der Waals surface area contributed by atoms with E-state index in [0.29, 0.717) is 18.5 Å². The van der Waals surface area contributed by atoms with E-state index in [1.807, 2.05) is 0 Å². The van der Waals surface area contributed by atoms with Crippen LogP contribution in [0.4, 0.5) is 0 Å². The van der Waals surface area contributed by atoms with Gasteiger partial charge in [0.25, 0.3) is 11.5 Å². The molecule has 1 fully saturated rings. The lowest BCUT2D eigenvalue weighted by atomic mass is 10.2. The van der Waals surface area contributed by atoms with Crippen molar-refractivity contribution >= 4 is 21.8 Å². The number of rotatable bonds is 3. The number of carbonyl (C=O) groups excluding carboxylic acids is 1. The maximum atomic E-state index is 12.0. The van der Waals surface area contributed by atoms with E-state index in [-0.39, 0.29) is 17.6 Å². The summed E-state index contributed by atoms with van der Waals surface area (Å²) in [6.45, 7) is 2.21. The number of hydrogen-bond donors (Lipinski definition) is 2. The van der Waals surface area contributed by atoms with Crippen molar-refractivity contribution in [2.75, 3.05) is 0 Å². The summed E-state index contributed by atoms with van der Waals surface area (Å²) in [6.07, 6.45) is 2.42. The molecule has 0 aliphatic carbocycles. The summed E-state index contributed by atoms with van der Waals surface area (Å²) in [7, 11) is 0. The smallest absolute Gasteiger partial charge is 0.263 e. The van der Waals surface area contributed by atoms with Crippen LogP contribution in [0, 0.1) is 6.92 Å². The standard InChI is InChI=1S/C12H16BrN3O3/c1-7-4-8(13)5-16(12(7)18)6-9-2-3-10(19-9)11(17)15-14/h4-5,9-10H,2-3,6,14H2,1H3,(H,15,17). The van der Waals surface area contributed by atoms with Crippen LogP contribution in [0.2, 0.25) is 0 Å². The van der Waals surface area contributed by atoms with Crippen LogP contribution in [0.5, 0.6) is 0 Å². The molecule has 0 aromatic carbocycles. The van der Waals surface area contributed by atoms with Crippen molar-refractivity contribution in [1.29, 1.82) is 0 Å². The van der Waals surface area contributed by atoms with Gasteiger partial charge in [-0.05, 0) is 41.8 Å². The van der Waals surface area contributed by atoms with Gasteiger partial charge in [-0.3, -0.25) is 15.0 Å². The average molecular weight is 330 g/mol. The Morgan fingerprint density at radius 3 is 3.05 bits per heavy atom. The second-order valence-electron chi connectivity index (χ2n) is 4.63. The largest absolute Gasteiger partial charge is 0.363 e. The molecule has 1 aromatic heterocycles. The molecule has 19 heavy (non-hydrogen) atoms. The number of hydrazine groups is 1. The Morgan fingerprint density at radius 2 is 2.37 bits per heavy atom. The SMILES string of the molecule is Cc1cc(Br)cn(CC2CCC(C(=O)NN)O2)c1=O. The minimum atomic E-state index is -0.515. The summed E-state index contributed by atoms with van der Waals surface area (Å²) in [4.78, 5) is 23.3. The molecule has 1 saturated heterocycles. The molecule has 3 N–H and O–H groups in total. The van der Waals surface area contributed by atoms with Gasteiger partial charge in [0, 0.05) is 16.2 Å². The first-order valence-corrected chi connectivity index (χ1v) is 6.83. The zero-order chi connectivity index (χ0) is 14.0. The highest BCUT2D eigenvalue weighted by Crippen LogP contribution is 2.21. The Hall–Kier alpha value is -1.18. The maximum absolute atomic E-state index is 12.0. The molecule has 2 atom stereocenters. The predicted octanol–water partition coefficient (Wildman–Crippen LogP) is 0.457. The van der Waals surface area contributed by atoms with Crippen LogP contribution in [-0.4, -0.2) is 22.7 Å². The molecule has 1 amide bonds. The predicted molar refractivity (Wildman–Crippen MR) is 73.4 cm³/mol. The molecule has 1 aliphatic heterocycles. The summed E-state index contributed by atoms with van der Waals surface area (Å²) in [5, 5.41) is 0. The van der Waals surface area contributed by atoms with Crippen molar-refractivity contribution < 1.29 is 9.53 Å². The summed E-state index contributed by atoms with van der Waals surface area (Å²) < 4.78 is 8.04. The maximum Gasteiger partial charge on any atom is 0.263 e. The van der Waals surface area contributed by atoms with Gasteiger partial charge in [-0.1, -0.05) is 0 Å². The molecule has 2 rings (SSSR count). The van der Waals surface area contributed by atoms with Gasteiger partial charge < -0.3 is 9.30 Å². The van der Waals surface area contributed by atoms with E-state index in [9.17, 15) is 9.59 Å². The minimum Gasteiger partial charge on any atom is -0.363 e. The second kappa shape index (κ2) is 5.85. The van der Waals surface area contributed by atoms with Crippen LogP contribution in [-0.2, 0) is 16.1 Å². The molecule has 2 unspecified atom stereocenters. The number of pyridine rings is 1. The van der Waals surface area contributed by atoms with Gasteiger partial charge in [0.05, 0.1) is 12.6 Å². The number of aromatic nitrogens is 1. The second-order valence-corrected chi connectivity index (χ2v) is 5.55. The van der Waals surface area contributed by atoms with Crippen molar-refractivity contribution in [2.45, 2.75) is 38.5 Å². The summed E-state index contributed by atoms with van der Waals surface area (Å²) in [5.74, 6) is 4.75. The summed E-state index contributed by atoms with van der Waals surface area (Å²) >= 11 is 3.36. The molecule has 6 nitrogen and oxygen atoms in total. The number of halogens is 1. The van der Waals surface area contributed by atoms with Crippen LogP contribution in [0.3, 0.4) is 0 Å². The molecule has 2 heterocycles. The third-order valence-electron chi connectivity index (χ3n) is 3.17. The molecule has 0 saturated carbocycles. The average Bonchev–Trinajstić information content (AvgIpc) is 2.83. The molecular weight excluding hydrogens is 314 g/mol. The van der Waals surface area contributed by atoms with Crippen molar-refractivity contribution in [3.63, 3.8) is 0 Å². The third-order valence-corrected chi connectivity index (χ3v) is 3.61. The Labute approximate surface area is 119 Å². The lowest BCUT2D eigenvalue weighted by Crippen LogP contribution is -2.39. The normalized spacial score (nSPS) is 22.5. The zero-order valence-electron chi connectivity index (χ0n) is 10.6. The third kappa shape index (κ3) is 3.23. The van der Waals surface area contributed by atoms with E-state index in [4.69, 9.17) is 10.6 Å². The molecule has 104 valence electrons. The molecule has 7 heteroatoms. The molecule has 0 bridgehead atoms. The van der Waals surface area contributed by atoms with E-state index >= 15 is 0 Å². The number of ether oxygens (including phenoxy) is 1. The Kier molecular flexibility index (Phi) is 4.38. The van der Waals surface area contributed by atoms with Gasteiger partial charge in [0.2, 0.25) is 0 Å². The van der Waals surface area contributed by atoms with Crippen molar-refractivity contribution in [3.05, 3.63) is 32.7 Å². The van der Waals surface area contributed by atoms with Crippen molar-refractivity contribution in [1.82, 2.24) is 9.99 Å². The lowest BCUT2D eigenvalue weighted by molar-refractivity contribution is -0.132. The van der Waals surface area contributed by atoms with Gasteiger partial charge in [0.1, 0.15) is 6.10 Å². The first kappa shape index (κ1) is 14.2. The zero-order valence-corrected chi connectivity index (χ0v) is 12.1. The van der Waals surface area contributed by atoms with E-state index < -0.39 is 6.10 Å². The van der Waals surface area contributed by atoms with E-state index in [1.54, 1.807) is 23.8 Å². The first-order valence-electron chi connectivity index (χ1n) is 6.03. The van der Waals surface area contributed by atoms with Crippen molar-refractivity contribution in [3.8, 4) is 0 Å². The van der Waals surface area contributed by atoms with Crippen LogP contribution < -0.4 is 16.8 Å². The minimum absolute atomic E-state index is 0.0430. The van der Waals surface area contributed by atoms with E-state index in [1.165, 1.54) is 0 Å². The van der Waals surface area contributed by atoms with Gasteiger partial charge >= 0.3 is 0 Å². The van der Waals surface area contributed by atoms with Crippen LogP contribution in [0.1, 0.15) is 18.4 Å². The molecular formula is C12H16BrN3O3. The molecule has 1 aromatic rings. The van der Waals surface area contributed by atoms with Crippen molar-refractivity contribution in [2.24, 2.45) is 5.84 Å². The fourth-order valence-electron chi connectivity index (χ4n) is 2.22. The van der Waals surface area contributed by atoms with Crippen LogP contribution in [0.25, 0.3) is 0 Å².